The van der Waals surface area contributed by atoms with Crippen LogP contribution in [0.2, 0.25) is 0 Å². The second kappa shape index (κ2) is 4.43. The highest BCUT2D eigenvalue weighted by Gasteiger charge is 2.44. The van der Waals surface area contributed by atoms with Gasteiger partial charge in [-0.1, -0.05) is 6.42 Å². The summed E-state index contributed by atoms with van der Waals surface area (Å²) in [5, 5.41) is 18.7. The third-order valence-electron chi connectivity index (χ3n) is 2.64. The van der Waals surface area contributed by atoms with Crippen molar-refractivity contribution in [3.05, 3.63) is 0 Å². The minimum absolute atomic E-state index is 0.289. The molecule has 4 nitrogen and oxygen atoms in total. The number of carbonyl (C=O) groups excluding carboxylic acids is 1. The van der Waals surface area contributed by atoms with E-state index in [0.717, 1.165) is 12.8 Å². The van der Waals surface area contributed by atoms with Gasteiger partial charge in [-0.15, -0.1) is 0 Å². The SMILES string of the molecule is CCOC(=O)C1CCCCC1(O)C#N. The molecular weight excluding hydrogens is 182 g/mol. The summed E-state index contributed by atoms with van der Waals surface area (Å²) < 4.78 is 4.83. The van der Waals surface area contributed by atoms with Crippen LogP contribution in [0.5, 0.6) is 0 Å². The zero-order chi connectivity index (χ0) is 10.6. The van der Waals surface area contributed by atoms with E-state index < -0.39 is 17.5 Å². The normalized spacial score (nSPS) is 31.9. The molecular formula is C10H15NO3. The number of aliphatic hydroxyl groups is 1. The van der Waals surface area contributed by atoms with Gasteiger partial charge in [-0.25, -0.2) is 0 Å². The summed E-state index contributed by atoms with van der Waals surface area (Å²) in [6.07, 6.45) is 2.57. The monoisotopic (exact) mass is 197 g/mol. The highest BCUT2D eigenvalue weighted by atomic mass is 16.5. The fourth-order valence-electron chi connectivity index (χ4n) is 1.85. The van der Waals surface area contributed by atoms with Gasteiger partial charge < -0.3 is 9.84 Å². The first-order valence-electron chi connectivity index (χ1n) is 4.94. The average Bonchev–Trinajstić information content (AvgIpc) is 2.19. The molecule has 0 aliphatic heterocycles. The molecule has 1 fully saturated rings. The maximum atomic E-state index is 11.4. The van der Waals surface area contributed by atoms with Crippen molar-refractivity contribution in [2.75, 3.05) is 6.61 Å². The van der Waals surface area contributed by atoms with E-state index in [1.54, 1.807) is 6.92 Å². The van der Waals surface area contributed by atoms with Crippen LogP contribution in [0, 0.1) is 17.2 Å². The Morgan fingerprint density at radius 2 is 2.43 bits per heavy atom. The lowest BCUT2D eigenvalue weighted by Crippen LogP contribution is -2.44. The smallest absolute Gasteiger partial charge is 0.312 e. The van der Waals surface area contributed by atoms with E-state index >= 15 is 0 Å². The number of carbonyl (C=O) groups is 1. The summed E-state index contributed by atoms with van der Waals surface area (Å²) >= 11 is 0. The summed E-state index contributed by atoms with van der Waals surface area (Å²) in [5.41, 5.74) is -1.51. The highest BCUT2D eigenvalue weighted by molar-refractivity contribution is 5.74. The molecule has 1 aliphatic carbocycles. The van der Waals surface area contributed by atoms with Crippen LogP contribution in [0.25, 0.3) is 0 Å². The van der Waals surface area contributed by atoms with Gasteiger partial charge in [0.1, 0.15) is 0 Å². The summed E-state index contributed by atoms with van der Waals surface area (Å²) in [6, 6.07) is 1.82. The lowest BCUT2D eigenvalue weighted by atomic mass is 9.76. The van der Waals surface area contributed by atoms with Gasteiger partial charge in [0.25, 0.3) is 0 Å². The third kappa shape index (κ3) is 2.05. The number of hydrogen-bond acceptors (Lipinski definition) is 4. The first-order valence-corrected chi connectivity index (χ1v) is 4.94. The van der Waals surface area contributed by atoms with E-state index in [1.165, 1.54) is 0 Å². The van der Waals surface area contributed by atoms with Gasteiger partial charge in [0.2, 0.25) is 0 Å². The molecule has 0 amide bonds. The van der Waals surface area contributed by atoms with Crippen LogP contribution >= 0.6 is 0 Å². The lowest BCUT2D eigenvalue weighted by molar-refractivity contribution is -0.157. The maximum absolute atomic E-state index is 11.4. The van der Waals surface area contributed by atoms with Gasteiger partial charge in [-0.3, -0.25) is 4.79 Å². The van der Waals surface area contributed by atoms with Crippen molar-refractivity contribution in [3.63, 3.8) is 0 Å². The molecule has 1 N–H and O–H groups in total. The summed E-state index contributed by atoms with van der Waals surface area (Å²) in [4.78, 5) is 11.4. The van der Waals surface area contributed by atoms with Gasteiger partial charge in [0.15, 0.2) is 5.60 Å². The molecule has 0 bridgehead atoms. The molecule has 2 unspecified atom stereocenters. The molecule has 2 atom stereocenters. The molecule has 1 saturated carbocycles. The van der Waals surface area contributed by atoms with Crippen molar-refractivity contribution in [3.8, 4) is 6.07 Å². The highest BCUT2D eigenvalue weighted by Crippen LogP contribution is 2.34. The number of esters is 1. The molecule has 0 heterocycles. The van der Waals surface area contributed by atoms with Crippen LogP contribution in [0.3, 0.4) is 0 Å². The van der Waals surface area contributed by atoms with Gasteiger partial charge in [0, 0.05) is 0 Å². The fourth-order valence-corrected chi connectivity index (χ4v) is 1.85. The Kier molecular flexibility index (Phi) is 3.48. The molecule has 0 radical (unpaired) electrons. The van der Waals surface area contributed by atoms with Crippen LogP contribution < -0.4 is 0 Å². The predicted molar refractivity (Wildman–Crippen MR) is 49.2 cm³/mol. The topological polar surface area (TPSA) is 70.3 Å². The maximum Gasteiger partial charge on any atom is 0.312 e. The van der Waals surface area contributed by atoms with E-state index in [0.29, 0.717) is 12.8 Å². The molecule has 0 spiro atoms. The van der Waals surface area contributed by atoms with Crippen molar-refractivity contribution in [1.82, 2.24) is 0 Å². The van der Waals surface area contributed by atoms with Gasteiger partial charge in [-0.05, 0) is 26.2 Å². The molecule has 0 aromatic heterocycles. The van der Waals surface area contributed by atoms with Crippen LogP contribution in [-0.4, -0.2) is 23.3 Å². The van der Waals surface area contributed by atoms with Crippen LogP contribution in [-0.2, 0) is 9.53 Å². The van der Waals surface area contributed by atoms with Gasteiger partial charge in [0.05, 0.1) is 18.6 Å². The van der Waals surface area contributed by atoms with Crippen molar-refractivity contribution in [2.45, 2.75) is 38.2 Å². The molecule has 78 valence electrons. The molecule has 0 saturated heterocycles. The first kappa shape index (κ1) is 11.0. The van der Waals surface area contributed by atoms with Crippen LogP contribution in [0.15, 0.2) is 0 Å². The third-order valence-corrected chi connectivity index (χ3v) is 2.64. The number of ether oxygens (including phenoxy) is 1. The Hall–Kier alpha value is -1.08. The van der Waals surface area contributed by atoms with E-state index in [-0.39, 0.29) is 6.61 Å². The second-order valence-corrected chi connectivity index (χ2v) is 3.59. The Morgan fingerprint density at radius 3 is 3.00 bits per heavy atom. The number of nitrogens with zero attached hydrogens (tertiary/aromatic N) is 1. The minimum Gasteiger partial charge on any atom is -0.466 e. The largest absolute Gasteiger partial charge is 0.466 e. The van der Waals surface area contributed by atoms with Crippen molar-refractivity contribution in [1.29, 1.82) is 5.26 Å². The summed E-state index contributed by atoms with van der Waals surface area (Å²) in [5.74, 6) is -1.11. The molecule has 0 aromatic carbocycles. The van der Waals surface area contributed by atoms with Crippen molar-refractivity contribution in [2.24, 2.45) is 5.92 Å². The zero-order valence-electron chi connectivity index (χ0n) is 8.32. The van der Waals surface area contributed by atoms with Gasteiger partial charge in [-0.2, -0.15) is 5.26 Å². The first-order chi connectivity index (χ1) is 6.64. The molecule has 4 heteroatoms. The predicted octanol–water partition coefficient (Wildman–Crippen LogP) is 0.994. The standard InChI is InChI=1S/C10H15NO3/c1-2-14-9(12)8-5-3-4-6-10(8,13)7-11/h8,13H,2-6H2,1H3. The summed E-state index contributed by atoms with van der Waals surface area (Å²) in [7, 11) is 0. The molecule has 14 heavy (non-hydrogen) atoms. The Balaban J connectivity index is 2.74. The molecule has 0 aromatic rings. The zero-order valence-corrected chi connectivity index (χ0v) is 8.32. The molecule has 1 rings (SSSR count). The Bertz CT molecular complexity index is 259. The molecule has 1 aliphatic rings. The van der Waals surface area contributed by atoms with E-state index in [2.05, 4.69) is 0 Å². The van der Waals surface area contributed by atoms with E-state index in [4.69, 9.17) is 10.00 Å². The number of nitriles is 1. The van der Waals surface area contributed by atoms with E-state index in [1.807, 2.05) is 6.07 Å². The Morgan fingerprint density at radius 1 is 1.71 bits per heavy atom. The minimum atomic E-state index is -1.51. The quantitative estimate of drug-likeness (QED) is 0.529. The van der Waals surface area contributed by atoms with Gasteiger partial charge >= 0.3 is 5.97 Å². The van der Waals surface area contributed by atoms with Crippen LogP contribution in [0.4, 0.5) is 0 Å². The second-order valence-electron chi connectivity index (χ2n) is 3.59. The van der Waals surface area contributed by atoms with Crippen molar-refractivity contribution >= 4 is 5.97 Å². The number of hydrogen-bond donors (Lipinski definition) is 1. The Labute approximate surface area is 83.5 Å². The van der Waals surface area contributed by atoms with Crippen molar-refractivity contribution < 1.29 is 14.6 Å². The van der Waals surface area contributed by atoms with E-state index in [9.17, 15) is 9.90 Å². The lowest BCUT2D eigenvalue weighted by Gasteiger charge is -2.32. The average molecular weight is 197 g/mol. The fraction of sp³-hybridized carbons (Fsp3) is 0.800. The van der Waals surface area contributed by atoms with Crippen LogP contribution in [0.1, 0.15) is 32.6 Å². The summed E-state index contributed by atoms with van der Waals surface area (Å²) in [6.45, 7) is 2.00. The number of rotatable bonds is 2.